The molecule has 2 unspecified atom stereocenters. The van der Waals surface area contributed by atoms with Gasteiger partial charge < -0.3 is 20.3 Å². The second-order valence-corrected chi connectivity index (χ2v) is 7.32. The number of methoxy groups -OCH3 is 1. The van der Waals surface area contributed by atoms with Crippen LogP contribution >= 0.6 is 24.0 Å². The van der Waals surface area contributed by atoms with Crippen molar-refractivity contribution in [3.05, 3.63) is 0 Å². The van der Waals surface area contributed by atoms with Crippen LogP contribution in [0.5, 0.6) is 0 Å². The molecular weight excluding hydrogens is 431 g/mol. The number of carbonyl (C=O) groups is 1. The minimum atomic E-state index is 0. The van der Waals surface area contributed by atoms with E-state index in [-0.39, 0.29) is 41.8 Å². The average molecular weight is 468 g/mol. The molecule has 2 N–H and O–H groups in total. The highest BCUT2D eigenvalue weighted by molar-refractivity contribution is 14.0. The molecule has 25 heavy (non-hydrogen) atoms. The second-order valence-electron chi connectivity index (χ2n) is 7.32. The summed E-state index contributed by atoms with van der Waals surface area (Å²) in [7, 11) is 5.30. The summed E-state index contributed by atoms with van der Waals surface area (Å²) in [4.78, 5) is 17.9. The first-order valence-electron chi connectivity index (χ1n) is 9.08. The molecule has 0 aromatic heterocycles. The molecule has 148 valence electrons. The van der Waals surface area contributed by atoms with E-state index < -0.39 is 0 Å². The highest BCUT2D eigenvalue weighted by Gasteiger charge is 2.53. The van der Waals surface area contributed by atoms with E-state index in [1.807, 2.05) is 0 Å². The monoisotopic (exact) mass is 468 g/mol. The molecule has 0 aromatic carbocycles. The fourth-order valence-electron chi connectivity index (χ4n) is 3.39. The van der Waals surface area contributed by atoms with Crippen molar-refractivity contribution in [3.8, 4) is 0 Å². The summed E-state index contributed by atoms with van der Waals surface area (Å²) in [6.45, 7) is 9.74. The highest BCUT2D eigenvalue weighted by atomic mass is 127. The molecule has 2 atom stereocenters. The van der Waals surface area contributed by atoms with Gasteiger partial charge in [-0.25, -0.2) is 4.99 Å². The molecule has 1 amide bonds. The van der Waals surface area contributed by atoms with Gasteiger partial charge in [-0.2, -0.15) is 0 Å². The first kappa shape index (κ1) is 24.4. The van der Waals surface area contributed by atoms with Gasteiger partial charge in [0.1, 0.15) is 6.54 Å². The fraction of sp³-hybridized carbons (Fsp3) is 0.889. The normalized spacial score (nSPS) is 22.0. The Morgan fingerprint density at radius 3 is 2.36 bits per heavy atom. The Bertz CT molecular complexity index is 437. The van der Waals surface area contributed by atoms with Gasteiger partial charge in [0, 0.05) is 39.2 Å². The standard InChI is InChI=1S/C18H36N4O2.HI/c1-8-18(9-2)14(10-15(18)24-7)21-17(19-11-13(3)4)20-12-16(23)22(5)6;/h13-15H,8-12H2,1-7H3,(H2,19,20,21);1H. The van der Waals surface area contributed by atoms with Gasteiger partial charge in [0.15, 0.2) is 5.96 Å². The molecule has 1 rings (SSSR count). The molecule has 1 saturated carbocycles. The third kappa shape index (κ3) is 6.27. The smallest absolute Gasteiger partial charge is 0.243 e. The molecule has 1 aliphatic carbocycles. The van der Waals surface area contributed by atoms with Crippen LogP contribution in [0.4, 0.5) is 0 Å². The van der Waals surface area contributed by atoms with Crippen LogP contribution in [0, 0.1) is 11.3 Å². The number of aliphatic imine (C=N–C) groups is 1. The average Bonchev–Trinajstić information content (AvgIpc) is 2.53. The molecule has 0 saturated heterocycles. The minimum Gasteiger partial charge on any atom is -0.381 e. The molecule has 0 spiro atoms. The van der Waals surface area contributed by atoms with Crippen molar-refractivity contribution in [2.24, 2.45) is 16.3 Å². The number of guanidine groups is 1. The van der Waals surface area contributed by atoms with Crippen molar-refractivity contribution >= 4 is 35.8 Å². The van der Waals surface area contributed by atoms with E-state index in [1.165, 1.54) is 0 Å². The van der Waals surface area contributed by atoms with Crippen molar-refractivity contribution in [1.29, 1.82) is 0 Å². The Kier molecular flexibility index (Phi) is 11.0. The molecular formula is C18H37IN4O2. The molecule has 7 heteroatoms. The summed E-state index contributed by atoms with van der Waals surface area (Å²) in [5, 5.41) is 6.91. The lowest BCUT2D eigenvalue weighted by Gasteiger charge is -2.55. The van der Waals surface area contributed by atoms with E-state index in [4.69, 9.17) is 4.74 Å². The minimum absolute atomic E-state index is 0. The summed E-state index contributed by atoms with van der Waals surface area (Å²) in [5.74, 6) is 1.24. The molecule has 0 aromatic rings. The van der Waals surface area contributed by atoms with E-state index in [0.29, 0.717) is 18.1 Å². The van der Waals surface area contributed by atoms with Crippen LogP contribution in [0.15, 0.2) is 4.99 Å². The summed E-state index contributed by atoms with van der Waals surface area (Å²) in [6, 6.07) is 0.324. The topological polar surface area (TPSA) is 66.0 Å². The van der Waals surface area contributed by atoms with Gasteiger partial charge in [-0.15, -0.1) is 24.0 Å². The van der Waals surface area contributed by atoms with Gasteiger partial charge in [-0.1, -0.05) is 27.7 Å². The Labute approximate surface area is 170 Å². The van der Waals surface area contributed by atoms with E-state index in [0.717, 1.165) is 31.8 Å². The third-order valence-corrected chi connectivity index (χ3v) is 5.25. The number of hydrogen-bond donors (Lipinski definition) is 2. The maximum Gasteiger partial charge on any atom is 0.243 e. The van der Waals surface area contributed by atoms with Crippen LogP contribution < -0.4 is 10.6 Å². The number of nitrogens with zero attached hydrogens (tertiary/aromatic N) is 2. The predicted molar refractivity (Wildman–Crippen MR) is 115 cm³/mol. The maximum absolute atomic E-state index is 11.8. The van der Waals surface area contributed by atoms with E-state index >= 15 is 0 Å². The first-order valence-corrected chi connectivity index (χ1v) is 9.08. The number of ether oxygens (including phenoxy) is 1. The summed E-state index contributed by atoms with van der Waals surface area (Å²) < 4.78 is 5.66. The van der Waals surface area contributed by atoms with E-state index in [1.54, 1.807) is 26.1 Å². The fourth-order valence-corrected chi connectivity index (χ4v) is 3.39. The van der Waals surface area contributed by atoms with Crippen LogP contribution in [-0.4, -0.2) is 63.2 Å². The van der Waals surface area contributed by atoms with Crippen molar-refractivity contribution in [2.75, 3.05) is 34.3 Å². The van der Waals surface area contributed by atoms with Crippen molar-refractivity contribution in [1.82, 2.24) is 15.5 Å². The van der Waals surface area contributed by atoms with Gasteiger partial charge in [0.25, 0.3) is 0 Å². The van der Waals surface area contributed by atoms with Crippen LogP contribution in [0.2, 0.25) is 0 Å². The second kappa shape index (κ2) is 11.2. The Balaban J connectivity index is 0.00000576. The molecule has 6 nitrogen and oxygen atoms in total. The third-order valence-electron chi connectivity index (χ3n) is 5.25. The molecule has 0 bridgehead atoms. The summed E-state index contributed by atoms with van der Waals surface area (Å²) in [6.07, 6.45) is 3.39. The lowest BCUT2D eigenvalue weighted by atomic mass is 9.58. The van der Waals surface area contributed by atoms with Gasteiger partial charge in [-0.3, -0.25) is 4.79 Å². The number of hydrogen-bond acceptors (Lipinski definition) is 3. The van der Waals surface area contributed by atoms with Crippen LogP contribution in [0.1, 0.15) is 47.0 Å². The van der Waals surface area contributed by atoms with Gasteiger partial charge in [0.2, 0.25) is 5.91 Å². The SMILES string of the molecule is CCC1(CC)C(NC(=NCC(=O)N(C)C)NCC(C)C)CC1OC.I. The lowest BCUT2D eigenvalue weighted by Crippen LogP contribution is -2.65. The van der Waals surface area contributed by atoms with E-state index in [9.17, 15) is 4.79 Å². The number of halogens is 1. The van der Waals surface area contributed by atoms with Crippen LogP contribution in [-0.2, 0) is 9.53 Å². The number of carbonyl (C=O) groups excluding carboxylic acids is 1. The van der Waals surface area contributed by atoms with Crippen molar-refractivity contribution in [2.45, 2.75) is 59.1 Å². The number of likely N-dealkylation sites (N-methyl/N-ethyl adjacent to an activating group) is 1. The molecule has 0 heterocycles. The molecule has 0 aliphatic heterocycles. The summed E-state index contributed by atoms with van der Waals surface area (Å²) in [5.41, 5.74) is 0.139. The Morgan fingerprint density at radius 1 is 1.32 bits per heavy atom. The van der Waals surface area contributed by atoms with Gasteiger partial charge in [-0.05, 0) is 25.2 Å². The van der Waals surface area contributed by atoms with Crippen LogP contribution in [0.25, 0.3) is 0 Å². The molecule has 1 aliphatic rings. The Morgan fingerprint density at radius 2 is 1.92 bits per heavy atom. The zero-order valence-electron chi connectivity index (χ0n) is 16.9. The van der Waals surface area contributed by atoms with Gasteiger partial charge in [0.05, 0.1) is 6.10 Å². The maximum atomic E-state index is 11.8. The molecule has 0 radical (unpaired) electrons. The van der Waals surface area contributed by atoms with E-state index in [2.05, 4.69) is 43.3 Å². The molecule has 1 fully saturated rings. The highest BCUT2D eigenvalue weighted by Crippen LogP contribution is 2.48. The van der Waals surface area contributed by atoms with Gasteiger partial charge >= 0.3 is 0 Å². The number of nitrogens with one attached hydrogen (secondary N) is 2. The summed E-state index contributed by atoms with van der Waals surface area (Å²) >= 11 is 0. The predicted octanol–water partition coefficient (Wildman–Crippen LogP) is 2.48. The Hall–Kier alpha value is -0.570. The zero-order chi connectivity index (χ0) is 18.3. The number of amides is 1. The quantitative estimate of drug-likeness (QED) is 0.327. The lowest BCUT2D eigenvalue weighted by molar-refractivity contribution is -0.127. The number of rotatable bonds is 8. The zero-order valence-corrected chi connectivity index (χ0v) is 19.2. The first-order chi connectivity index (χ1) is 11.3. The largest absolute Gasteiger partial charge is 0.381 e. The van der Waals surface area contributed by atoms with Crippen molar-refractivity contribution < 1.29 is 9.53 Å². The van der Waals surface area contributed by atoms with Crippen molar-refractivity contribution in [3.63, 3.8) is 0 Å². The van der Waals surface area contributed by atoms with Crippen LogP contribution in [0.3, 0.4) is 0 Å².